The molecule has 0 unspecified atom stereocenters. The van der Waals surface area contributed by atoms with Gasteiger partial charge in [-0.3, -0.25) is 9.59 Å². The van der Waals surface area contributed by atoms with E-state index in [2.05, 4.69) is 31.7 Å². The number of amides is 2. The zero-order valence-electron chi connectivity index (χ0n) is 14.4. The molecule has 1 spiro atoms. The van der Waals surface area contributed by atoms with E-state index in [-0.39, 0.29) is 18.2 Å². The Morgan fingerprint density at radius 3 is 2.63 bits per heavy atom. The highest BCUT2D eigenvalue weighted by Crippen LogP contribution is 2.50. The van der Waals surface area contributed by atoms with Crippen molar-refractivity contribution in [2.75, 3.05) is 10.6 Å². The van der Waals surface area contributed by atoms with Crippen molar-refractivity contribution in [3.63, 3.8) is 0 Å². The van der Waals surface area contributed by atoms with Crippen molar-refractivity contribution in [2.24, 2.45) is 0 Å². The van der Waals surface area contributed by atoms with E-state index < -0.39 is 5.41 Å². The van der Waals surface area contributed by atoms with Gasteiger partial charge < -0.3 is 10.6 Å². The highest BCUT2D eigenvalue weighted by molar-refractivity contribution is 9.10. The summed E-state index contributed by atoms with van der Waals surface area (Å²) in [5.41, 5.74) is 3.10. The lowest BCUT2D eigenvalue weighted by molar-refractivity contribution is -0.125. The van der Waals surface area contributed by atoms with Crippen LogP contribution in [-0.2, 0) is 15.0 Å². The molecular formula is C20H15BrN4O2. The van der Waals surface area contributed by atoms with Crippen LogP contribution in [-0.4, -0.2) is 21.6 Å². The molecule has 0 bridgehead atoms. The van der Waals surface area contributed by atoms with Gasteiger partial charge >= 0.3 is 0 Å². The first-order chi connectivity index (χ1) is 13.0. The van der Waals surface area contributed by atoms with Gasteiger partial charge in [0, 0.05) is 22.1 Å². The predicted molar refractivity (Wildman–Crippen MR) is 105 cm³/mol. The van der Waals surface area contributed by atoms with Crippen LogP contribution in [0.25, 0.3) is 5.69 Å². The average molecular weight is 423 g/mol. The van der Waals surface area contributed by atoms with E-state index in [0.29, 0.717) is 11.4 Å². The minimum atomic E-state index is -1.05. The smallest absolute Gasteiger partial charge is 0.240 e. The van der Waals surface area contributed by atoms with Crippen LogP contribution in [0.1, 0.15) is 23.1 Å². The van der Waals surface area contributed by atoms with E-state index in [1.54, 1.807) is 10.9 Å². The maximum Gasteiger partial charge on any atom is 0.240 e. The fourth-order valence-corrected chi connectivity index (χ4v) is 4.25. The Morgan fingerprint density at radius 1 is 1.07 bits per heavy atom. The van der Waals surface area contributed by atoms with Gasteiger partial charge in [-0.05, 0) is 42.8 Å². The summed E-state index contributed by atoms with van der Waals surface area (Å²) in [5.74, 6) is 0.151. The third-order valence-corrected chi connectivity index (χ3v) is 5.78. The fourth-order valence-electron chi connectivity index (χ4n) is 3.99. The predicted octanol–water partition coefficient (Wildman–Crippen LogP) is 3.52. The van der Waals surface area contributed by atoms with Gasteiger partial charge in [0.15, 0.2) is 0 Å². The van der Waals surface area contributed by atoms with Gasteiger partial charge in [0.25, 0.3) is 0 Å². The number of aromatic nitrogens is 2. The summed E-state index contributed by atoms with van der Waals surface area (Å²) < 4.78 is 2.62. The Balaban J connectivity index is 1.76. The van der Waals surface area contributed by atoms with Crippen molar-refractivity contribution in [1.29, 1.82) is 0 Å². The van der Waals surface area contributed by atoms with Gasteiger partial charge in [-0.15, -0.1) is 0 Å². The molecule has 2 amide bonds. The molecule has 1 aromatic heterocycles. The van der Waals surface area contributed by atoms with Gasteiger partial charge in [0.1, 0.15) is 11.2 Å². The molecule has 5 rings (SSSR count). The highest BCUT2D eigenvalue weighted by Gasteiger charge is 2.54. The number of hydrogen-bond acceptors (Lipinski definition) is 3. The molecule has 2 aromatic carbocycles. The number of nitrogens with zero attached hydrogens (tertiary/aromatic N) is 2. The summed E-state index contributed by atoms with van der Waals surface area (Å²) >= 11 is 3.42. The molecule has 6 nitrogen and oxygen atoms in total. The largest absolute Gasteiger partial charge is 0.325 e. The molecule has 0 saturated carbocycles. The SMILES string of the molecule is Cc1ccc2c(c1)[C@@]1(CC(=O)Nc3c1cnn3-c1ccc(Br)cc1)C(=O)N2. The van der Waals surface area contributed by atoms with Crippen molar-refractivity contribution < 1.29 is 9.59 Å². The number of halogens is 1. The molecule has 0 aliphatic carbocycles. The summed E-state index contributed by atoms with van der Waals surface area (Å²) in [5, 5.41) is 10.3. The normalized spacial score (nSPS) is 20.2. The molecule has 134 valence electrons. The molecular weight excluding hydrogens is 408 g/mol. The van der Waals surface area contributed by atoms with Gasteiger partial charge in [0.2, 0.25) is 11.8 Å². The van der Waals surface area contributed by atoms with Crippen LogP contribution >= 0.6 is 15.9 Å². The third kappa shape index (κ3) is 2.21. The molecule has 27 heavy (non-hydrogen) atoms. The Kier molecular flexibility index (Phi) is 3.33. The molecule has 1 atom stereocenters. The van der Waals surface area contributed by atoms with E-state index in [4.69, 9.17) is 0 Å². The second-order valence-electron chi connectivity index (χ2n) is 6.93. The molecule has 7 heteroatoms. The molecule has 0 saturated heterocycles. The van der Waals surface area contributed by atoms with Crippen molar-refractivity contribution in [3.8, 4) is 5.69 Å². The van der Waals surface area contributed by atoms with Gasteiger partial charge in [-0.1, -0.05) is 33.6 Å². The lowest BCUT2D eigenvalue weighted by Crippen LogP contribution is -2.43. The van der Waals surface area contributed by atoms with Crippen LogP contribution in [0.4, 0.5) is 11.5 Å². The average Bonchev–Trinajstić information content (AvgIpc) is 3.17. The summed E-state index contributed by atoms with van der Waals surface area (Å²) in [6, 6.07) is 13.4. The Bertz CT molecular complexity index is 1120. The monoisotopic (exact) mass is 422 g/mol. The summed E-state index contributed by atoms with van der Waals surface area (Å²) in [4.78, 5) is 25.7. The van der Waals surface area contributed by atoms with Gasteiger partial charge in [0.05, 0.1) is 11.9 Å². The standard InChI is InChI=1S/C20H15BrN4O2/c1-11-2-7-16-14(8-11)20(19(27)23-16)9-17(26)24-18-15(20)10-22-25(18)13-5-3-12(21)4-6-13/h2-8,10H,9H2,1H3,(H,23,27)(H,24,26)/t20-/m1/s1. The van der Waals surface area contributed by atoms with Crippen molar-refractivity contribution in [1.82, 2.24) is 9.78 Å². The minimum Gasteiger partial charge on any atom is -0.325 e. The van der Waals surface area contributed by atoms with Gasteiger partial charge in [-0.2, -0.15) is 5.10 Å². The molecule has 0 radical (unpaired) electrons. The van der Waals surface area contributed by atoms with Crippen LogP contribution < -0.4 is 10.6 Å². The van der Waals surface area contributed by atoms with E-state index in [1.807, 2.05) is 49.4 Å². The Labute approximate surface area is 163 Å². The van der Waals surface area contributed by atoms with E-state index in [9.17, 15) is 9.59 Å². The van der Waals surface area contributed by atoms with Gasteiger partial charge in [-0.25, -0.2) is 4.68 Å². The maximum atomic E-state index is 13.1. The molecule has 0 fully saturated rings. The molecule has 2 aliphatic rings. The van der Waals surface area contributed by atoms with E-state index >= 15 is 0 Å². The van der Waals surface area contributed by atoms with Crippen LogP contribution in [0.2, 0.25) is 0 Å². The number of aryl methyl sites for hydroxylation is 1. The Hall–Kier alpha value is -2.93. The minimum absolute atomic E-state index is 0.0638. The summed E-state index contributed by atoms with van der Waals surface area (Å²) in [6.07, 6.45) is 1.75. The van der Waals surface area contributed by atoms with Crippen LogP contribution in [0, 0.1) is 6.92 Å². The second kappa shape index (κ2) is 5.53. The number of hydrogen-bond donors (Lipinski definition) is 2. The number of anilines is 2. The number of carbonyl (C=O) groups is 2. The molecule has 3 aromatic rings. The zero-order valence-corrected chi connectivity index (χ0v) is 16.0. The highest BCUT2D eigenvalue weighted by atomic mass is 79.9. The van der Waals surface area contributed by atoms with Crippen molar-refractivity contribution in [3.05, 3.63) is 69.8 Å². The first-order valence-electron chi connectivity index (χ1n) is 8.56. The van der Waals surface area contributed by atoms with Crippen LogP contribution in [0.3, 0.4) is 0 Å². The summed E-state index contributed by atoms with van der Waals surface area (Å²) in [6.45, 7) is 1.98. The topological polar surface area (TPSA) is 76.0 Å². The zero-order chi connectivity index (χ0) is 18.8. The number of carbonyl (C=O) groups excluding carboxylic acids is 2. The van der Waals surface area contributed by atoms with Crippen LogP contribution in [0.5, 0.6) is 0 Å². The second-order valence-corrected chi connectivity index (χ2v) is 7.84. The Morgan fingerprint density at radius 2 is 1.85 bits per heavy atom. The van der Waals surface area contributed by atoms with Crippen molar-refractivity contribution >= 4 is 39.2 Å². The lowest BCUT2D eigenvalue weighted by atomic mass is 9.71. The van der Waals surface area contributed by atoms with Crippen molar-refractivity contribution in [2.45, 2.75) is 18.8 Å². The van der Waals surface area contributed by atoms with E-state index in [0.717, 1.165) is 27.0 Å². The number of rotatable bonds is 1. The molecule has 2 N–H and O–H groups in total. The van der Waals surface area contributed by atoms with Crippen LogP contribution in [0.15, 0.2) is 53.1 Å². The first kappa shape index (κ1) is 16.3. The number of fused-ring (bicyclic) bond motifs is 4. The molecule has 2 aliphatic heterocycles. The first-order valence-corrected chi connectivity index (χ1v) is 9.35. The maximum absolute atomic E-state index is 13.1. The number of nitrogens with one attached hydrogen (secondary N) is 2. The fraction of sp³-hybridized carbons (Fsp3) is 0.150. The number of benzene rings is 2. The quantitative estimate of drug-likeness (QED) is 0.629. The van der Waals surface area contributed by atoms with E-state index in [1.165, 1.54) is 0 Å². The molecule has 3 heterocycles. The lowest BCUT2D eigenvalue weighted by Gasteiger charge is -2.31. The summed E-state index contributed by atoms with van der Waals surface area (Å²) in [7, 11) is 0. The third-order valence-electron chi connectivity index (χ3n) is 5.25.